The molecule has 0 radical (unpaired) electrons. The summed E-state index contributed by atoms with van der Waals surface area (Å²) in [7, 11) is 0. The molecule has 0 aliphatic rings. The minimum atomic E-state index is -0.495. The first-order valence-corrected chi connectivity index (χ1v) is 7.35. The largest absolute Gasteiger partial charge is 0.381 e. The average molecular weight is 318 g/mol. The molecule has 0 unspecified atom stereocenters. The normalized spacial score (nSPS) is 10.3. The molecule has 3 rings (SSSR count). The molecule has 0 bridgehead atoms. The topological polar surface area (TPSA) is 84.8 Å². The predicted molar refractivity (Wildman–Crippen MR) is 89.3 cm³/mol. The number of nitro groups is 1. The van der Waals surface area contributed by atoms with E-state index in [9.17, 15) is 15.4 Å². The number of benzene rings is 2. The molecule has 0 atom stereocenters. The Kier molecular flexibility index (Phi) is 4.08. The van der Waals surface area contributed by atoms with Crippen molar-refractivity contribution in [3.05, 3.63) is 81.8 Å². The second-order valence-electron chi connectivity index (χ2n) is 5.39. The lowest BCUT2D eigenvalue weighted by atomic mass is 9.99. The Morgan fingerprint density at radius 2 is 1.92 bits per heavy atom. The number of aryl methyl sites for hydroxylation is 1. The molecule has 0 fully saturated rings. The number of hydrogen-bond donors (Lipinski definition) is 0. The van der Waals surface area contributed by atoms with Gasteiger partial charge in [-0.1, -0.05) is 42.5 Å². The van der Waals surface area contributed by atoms with Gasteiger partial charge in [0.15, 0.2) is 0 Å². The Morgan fingerprint density at radius 1 is 1.21 bits per heavy atom. The van der Waals surface area contributed by atoms with Crippen molar-refractivity contribution < 1.29 is 4.92 Å². The van der Waals surface area contributed by atoms with E-state index < -0.39 is 4.92 Å². The van der Waals surface area contributed by atoms with Crippen LogP contribution in [-0.2, 0) is 6.54 Å². The number of imidazole rings is 1. The van der Waals surface area contributed by atoms with Crippen LogP contribution >= 0.6 is 0 Å². The molecule has 0 aliphatic heterocycles. The molecule has 6 heteroatoms. The summed E-state index contributed by atoms with van der Waals surface area (Å²) >= 11 is 0. The fraction of sp³-hybridized carbons (Fsp3) is 0.111. The highest BCUT2D eigenvalue weighted by Gasteiger charge is 2.15. The van der Waals surface area contributed by atoms with E-state index in [1.807, 2.05) is 42.5 Å². The van der Waals surface area contributed by atoms with Crippen LogP contribution in [0.15, 0.2) is 54.7 Å². The molecular formula is C18H14N4O2. The number of nitrogens with zero attached hydrogens (tertiary/aromatic N) is 4. The summed E-state index contributed by atoms with van der Waals surface area (Å²) in [6, 6.07) is 17.4. The van der Waals surface area contributed by atoms with Crippen molar-refractivity contribution in [2.24, 2.45) is 0 Å². The first-order chi connectivity index (χ1) is 11.6. The summed E-state index contributed by atoms with van der Waals surface area (Å²) in [6.45, 7) is 2.25. The fourth-order valence-electron chi connectivity index (χ4n) is 2.56. The lowest BCUT2D eigenvalue weighted by molar-refractivity contribution is -0.389. The molecule has 0 spiro atoms. The van der Waals surface area contributed by atoms with Gasteiger partial charge in [0.2, 0.25) is 5.82 Å². The molecule has 0 aliphatic carbocycles. The zero-order chi connectivity index (χ0) is 17.1. The molecule has 0 saturated carbocycles. The second-order valence-corrected chi connectivity index (χ2v) is 5.39. The molecule has 0 amide bonds. The SMILES string of the molecule is Cc1nc([N+](=O)[O-])cn1Cc1ccc(-c2ccccc2C#N)cc1. The summed E-state index contributed by atoms with van der Waals surface area (Å²) in [6.07, 6.45) is 1.44. The number of aromatic nitrogens is 2. The van der Waals surface area contributed by atoms with Gasteiger partial charge in [-0.15, -0.1) is 0 Å². The van der Waals surface area contributed by atoms with Crippen molar-refractivity contribution in [3.8, 4) is 17.2 Å². The Bertz CT molecular complexity index is 936. The quantitative estimate of drug-likeness (QED) is 0.542. The van der Waals surface area contributed by atoms with Crippen molar-refractivity contribution >= 4 is 5.82 Å². The van der Waals surface area contributed by atoms with Gasteiger partial charge >= 0.3 is 5.82 Å². The van der Waals surface area contributed by atoms with E-state index in [2.05, 4.69) is 11.1 Å². The van der Waals surface area contributed by atoms with Gasteiger partial charge < -0.3 is 14.7 Å². The van der Waals surface area contributed by atoms with Crippen LogP contribution < -0.4 is 0 Å². The lowest BCUT2D eigenvalue weighted by Crippen LogP contribution is -2.00. The molecule has 3 aromatic rings. The maximum absolute atomic E-state index is 10.8. The van der Waals surface area contributed by atoms with E-state index in [0.29, 0.717) is 17.9 Å². The van der Waals surface area contributed by atoms with Gasteiger partial charge in [-0.05, 0) is 32.7 Å². The standard InChI is InChI=1S/C18H14N4O2/c1-13-20-18(22(23)24)12-21(13)11-14-6-8-15(9-7-14)17-5-3-2-4-16(17)10-19/h2-9,12H,11H2,1H3. The number of nitriles is 1. The maximum Gasteiger partial charge on any atom is 0.381 e. The van der Waals surface area contributed by atoms with Crippen LogP contribution in [0, 0.1) is 28.4 Å². The van der Waals surface area contributed by atoms with Crippen LogP contribution in [-0.4, -0.2) is 14.5 Å². The lowest BCUT2D eigenvalue weighted by Gasteiger charge is -2.07. The Hall–Kier alpha value is -3.46. The van der Waals surface area contributed by atoms with Gasteiger partial charge in [-0.3, -0.25) is 0 Å². The van der Waals surface area contributed by atoms with Crippen molar-refractivity contribution in [2.75, 3.05) is 0 Å². The monoisotopic (exact) mass is 318 g/mol. The van der Waals surface area contributed by atoms with E-state index in [4.69, 9.17) is 0 Å². The highest BCUT2D eigenvalue weighted by atomic mass is 16.6. The third-order valence-corrected chi connectivity index (χ3v) is 3.82. The van der Waals surface area contributed by atoms with Gasteiger partial charge in [0.1, 0.15) is 6.20 Å². The molecular weight excluding hydrogens is 304 g/mol. The third kappa shape index (κ3) is 3.01. The summed E-state index contributed by atoms with van der Waals surface area (Å²) in [5, 5.41) is 20.0. The first kappa shape index (κ1) is 15.4. The number of hydrogen-bond acceptors (Lipinski definition) is 4. The molecule has 1 heterocycles. The van der Waals surface area contributed by atoms with Gasteiger partial charge in [0.05, 0.1) is 18.2 Å². The summed E-state index contributed by atoms with van der Waals surface area (Å²) in [4.78, 5) is 14.2. The van der Waals surface area contributed by atoms with Gasteiger partial charge in [0.25, 0.3) is 0 Å². The van der Waals surface area contributed by atoms with Gasteiger partial charge in [-0.25, -0.2) is 0 Å². The first-order valence-electron chi connectivity index (χ1n) is 7.35. The van der Waals surface area contributed by atoms with E-state index in [1.165, 1.54) is 6.20 Å². The zero-order valence-corrected chi connectivity index (χ0v) is 13.0. The third-order valence-electron chi connectivity index (χ3n) is 3.82. The average Bonchev–Trinajstić information content (AvgIpc) is 2.97. The molecule has 24 heavy (non-hydrogen) atoms. The van der Waals surface area contributed by atoms with Crippen LogP contribution in [0.5, 0.6) is 0 Å². The van der Waals surface area contributed by atoms with Crippen LogP contribution in [0.1, 0.15) is 17.0 Å². The Labute approximate surface area is 138 Å². The second kappa shape index (κ2) is 6.34. The molecule has 0 N–H and O–H groups in total. The Balaban J connectivity index is 1.85. The molecule has 6 nitrogen and oxygen atoms in total. The van der Waals surface area contributed by atoms with E-state index in [0.717, 1.165) is 16.7 Å². The highest BCUT2D eigenvalue weighted by molar-refractivity contribution is 5.70. The van der Waals surface area contributed by atoms with Crippen molar-refractivity contribution in [2.45, 2.75) is 13.5 Å². The number of rotatable bonds is 4. The smallest absolute Gasteiger partial charge is 0.358 e. The fourth-order valence-corrected chi connectivity index (χ4v) is 2.56. The highest BCUT2D eigenvalue weighted by Crippen LogP contribution is 2.24. The molecule has 0 saturated heterocycles. The van der Waals surface area contributed by atoms with Crippen molar-refractivity contribution in [3.63, 3.8) is 0 Å². The van der Waals surface area contributed by atoms with Crippen molar-refractivity contribution in [1.82, 2.24) is 9.55 Å². The van der Waals surface area contributed by atoms with Crippen LogP contribution in [0.3, 0.4) is 0 Å². The molecule has 118 valence electrons. The molecule has 2 aromatic carbocycles. The predicted octanol–water partition coefficient (Wildman–Crippen LogP) is 3.69. The summed E-state index contributed by atoms with van der Waals surface area (Å²) in [5.74, 6) is 0.452. The maximum atomic E-state index is 10.8. The molecule has 1 aromatic heterocycles. The Morgan fingerprint density at radius 3 is 2.54 bits per heavy atom. The zero-order valence-electron chi connectivity index (χ0n) is 13.0. The van der Waals surface area contributed by atoms with E-state index in [1.54, 1.807) is 17.6 Å². The van der Waals surface area contributed by atoms with E-state index in [-0.39, 0.29) is 5.82 Å². The van der Waals surface area contributed by atoms with E-state index >= 15 is 0 Å². The summed E-state index contributed by atoms with van der Waals surface area (Å²) < 4.78 is 1.75. The van der Waals surface area contributed by atoms with Crippen LogP contribution in [0.2, 0.25) is 0 Å². The minimum Gasteiger partial charge on any atom is -0.358 e. The van der Waals surface area contributed by atoms with Crippen LogP contribution in [0.4, 0.5) is 5.82 Å². The van der Waals surface area contributed by atoms with Gasteiger partial charge in [0, 0.05) is 6.92 Å². The summed E-state index contributed by atoms with van der Waals surface area (Å²) in [5.41, 5.74) is 3.49. The van der Waals surface area contributed by atoms with Crippen molar-refractivity contribution in [1.29, 1.82) is 5.26 Å². The minimum absolute atomic E-state index is 0.146. The van der Waals surface area contributed by atoms with Crippen LogP contribution in [0.25, 0.3) is 11.1 Å². The van der Waals surface area contributed by atoms with Gasteiger partial charge in [-0.2, -0.15) is 5.26 Å².